The van der Waals surface area contributed by atoms with Crippen LogP contribution in [0.5, 0.6) is 5.75 Å². The third kappa shape index (κ3) is 3.54. The molecule has 24 heavy (non-hydrogen) atoms. The average Bonchev–Trinajstić information content (AvgIpc) is 2.59. The molecule has 0 aliphatic heterocycles. The second-order valence-electron chi connectivity index (χ2n) is 4.74. The second-order valence-corrected chi connectivity index (χ2v) is 4.74. The van der Waals surface area contributed by atoms with Crippen LogP contribution in [0.4, 0.5) is 31.9 Å². The van der Waals surface area contributed by atoms with E-state index < -0.39 is 11.6 Å². The van der Waals surface area contributed by atoms with Gasteiger partial charge in [-0.25, -0.2) is 8.78 Å². The summed E-state index contributed by atoms with van der Waals surface area (Å²) >= 11 is 0. The van der Waals surface area contributed by atoms with Crippen molar-refractivity contribution < 1.29 is 13.5 Å². The van der Waals surface area contributed by atoms with Gasteiger partial charge in [0, 0.05) is 11.8 Å². The van der Waals surface area contributed by atoms with E-state index in [4.69, 9.17) is 4.74 Å². The molecule has 1 aromatic heterocycles. The first-order valence-electron chi connectivity index (χ1n) is 6.97. The molecule has 2 N–H and O–H groups in total. The Morgan fingerprint density at radius 2 is 1.75 bits per heavy atom. The van der Waals surface area contributed by atoms with Crippen molar-refractivity contribution in [1.29, 1.82) is 0 Å². The predicted molar refractivity (Wildman–Crippen MR) is 85.7 cm³/mol. The minimum absolute atomic E-state index is 0.0353. The Kier molecular flexibility index (Phi) is 4.46. The van der Waals surface area contributed by atoms with Crippen molar-refractivity contribution in [3.63, 3.8) is 0 Å². The molecule has 3 rings (SSSR count). The van der Waals surface area contributed by atoms with Crippen LogP contribution in [0.2, 0.25) is 0 Å². The highest BCUT2D eigenvalue weighted by Gasteiger charge is 2.10. The number of hydrogen-bond donors (Lipinski definition) is 2. The number of benzene rings is 2. The van der Waals surface area contributed by atoms with Gasteiger partial charge in [-0.05, 0) is 24.3 Å². The Labute approximate surface area is 136 Å². The fourth-order valence-electron chi connectivity index (χ4n) is 1.99. The fraction of sp³-hybridized carbons (Fsp3) is 0.0625. The molecular weight excluding hydrogens is 316 g/mol. The predicted octanol–water partition coefficient (Wildman–Crippen LogP) is 3.65. The number of para-hydroxylation sites is 1. The number of hydrogen-bond acceptors (Lipinski definition) is 6. The molecule has 0 bridgehead atoms. The SMILES string of the molecule is COc1cccc(Nc2cnnc(Nc3c(F)cccc3F)n2)c1. The van der Waals surface area contributed by atoms with Gasteiger partial charge in [0.25, 0.3) is 0 Å². The van der Waals surface area contributed by atoms with Crippen molar-refractivity contribution in [3.05, 3.63) is 60.3 Å². The zero-order chi connectivity index (χ0) is 16.9. The summed E-state index contributed by atoms with van der Waals surface area (Å²) in [6.45, 7) is 0. The highest BCUT2D eigenvalue weighted by atomic mass is 19.1. The lowest BCUT2D eigenvalue weighted by molar-refractivity contribution is 0.415. The van der Waals surface area contributed by atoms with E-state index in [0.717, 1.165) is 17.8 Å². The van der Waals surface area contributed by atoms with Crippen LogP contribution in [-0.2, 0) is 0 Å². The molecule has 2 aromatic carbocycles. The highest BCUT2D eigenvalue weighted by Crippen LogP contribution is 2.23. The molecule has 1 heterocycles. The summed E-state index contributed by atoms with van der Waals surface area (Å²) in [6, 6.07) is 10.7. The third-order valence-corrected chi connectivity index (χ3v) is 3.10. The number of anilines is 4. The van der Waals surface area contributed by atoms with Gasteiger partial charge in [-0.1, -0.05) is 12.1 Å². The average molecular weight is 329 g/mol. The van der Waals surface area contributed by atoms with Gasteiger partial charge in [0.2, 0.25) is 5.95 Å². The van der Waals surface area contributed by atoms with E-state index in [1.807, 2.05) is 12.1 Å². The van der Waals surface area contributed by atoms with Crippen LogP contribution < -0.4 is 15.4 Å². The maximum atomic E-state index is 13.7. The van der Waals surface area contributed by atoms with Crippen molar-refractivity contribution in [2.75, 3.05) is 17.7 Å². The minimum Gasteiger partial charge on any atom is -0.497 e. The molecule has 0 amide bonds. The topological polar surface area (TPSA) is 72.0 Å². The van der Waals surface area contributed by atoms with Crippen LogP contribution in [0, 0.1) is 11.6 Å². The number of methoxy groups -OCH3 is 1. The van der Waals surface area contributed by atoms with Crippen LogP contribution in [0.3, 0.4) is 0 Å². The molecule has 0 saturated carbocycles. The molecule has 122 valence electrons. The lowest BCUT2D eigenvalue weighted by Gasteiger charge is -2.09. The van der Waals surface area contributed by atoms with E-state index >= 15 is 0 Å². The van der Waals surface area contributed by atoms with Crippen LogP contribution in [0.1, 0.15) is 0 Å². The summed E-state index contributed by atoms with van der Waals surface area (Å²) in [5.41, 5.74) is 0.385. The highest BCUT2D eigenvalue weighted by molar-refractivity contribution is 5.60. The lowest BCUT2D eigenvalue weighted by Crippen LogP contribution is -2.04. The van der Waals surface area contributed by atoms with Crippen LogP contribution >= 0.6 is 0 Å². The Morgan fingerprint density at radius 1 is 1.00 bits per heavy atom. The van der Waals surface area contributed by atoms with Gasteiger partial charge >= 0.3 is 0 Å². The molecule has 0 aliphatic rings. The van der Waals surface area contributed by atoms with Crippen molar-refractivity contribution >= 4 is 23.1 Å². The lowest BCUT2D eigenvalue weighted by atomic mass is 10.3. The van der Waals surface area contributed by atoms with Crippen LogP contribution in [-0.4, -0.2) is 22.3 Å². The van der Waals surface area contributed by atoms with Gasteiger partial charge in [0.15, 0.2) is 5.82 Å². The molecule has 0 aliphatic carbocycles. The van der Waals surface area contributed by atoms with E-state index in [9.17, 15) is 8.78 Å². The third-order valence-electron chi connectivity index (χ3n) is 3.10. The van der Waals surface area contributed by atoms with E-state index in [1.54, 1.807) is 19.2 Å². The molecule has 0 saturated heterocycles. The first-order chi connectivity index (χ1) is 11.7. The maximum Gasteiger partial charge on any atom is 0.249 e. The first-order valence-corrected chi connectivity index (χ1v) is 6.97. The Morgan fingerprint density at radius 3 is 2.50 bits per heavy atom. The number of rotatable bonds is 5. The normalized spacial score (nSPS) is 10.3. The molecule has 3 aromatic rings. The summed E-state index contributed by atoms with van der Waals surface area (Å²) in [4.78, 5) is 4.13. The van der Waals surface area contributed by atoms with Crippen molar-refractivity contribution in [2.45, 2.75) is 0 Å². The van der Waals surface area contributed by atoms with Crippen molar-refractivity contribution in [2.24, 2.45) is 0 Å². The molecular formula is C16H13F2N5O. The van der Waals surface area contributed by atoms with E-state index in [0.29, 0.717) is 11.6 Å². The number of halogens is 2. The second kappa shape index (κ2) is 6.86. The summed E-state index contributed by atoms with van der Waals surface area (Å²) in [7, 11) is 1.57. The summed E-state index contributed by atoms with van der Waals surface area (Å²) in [5.74, 6) is -0.493. The quantitative estimate of drug-likeness (QED) is 0.744. The zero-order valence-electron chi connectivity index (χ0n) is 12.6. The monoisotopic (exact) mass is 329 g/mol. The Balaban J connectivity index is 1.81. The molecule has 6 nitrogen and oxygen atoms in total. The van der Waals surface area contributed by atoms with E-state index in [1.165, 1.54) is 12.3 Å². The van der Waals surface area contributed by atoms with Gasteiger partial charge in [-0.15, -0.1) is 5.10 Å². The number of nitrogens with one attached hydrogen (secondary N) is 2. The zero-order valence-corrected chi connectivity index (χ0v) is 12.6. The fourth-order valence-corrected chi connectivity index (χ4v) is 1.99. The summed E-state index contributed by atoms with van der Waals surface area (Å²) in [5, 5.41) is 13.0. The van der Waals surface area contributed by atoms with Crippen molar-refractivity contribution in [1.82, 2.24) is 15.2 Å². The summed E-state index contributed by atoms with van der Waals surface area (Å²) in [6.07, 6.45) is 1.39. The molecule has 0 spiro atoms. The van der Waals surface area contributed by atoms with E-state index in [-0.39, 0.29) is 11.6 Å². The van der Waals surface area contributed by atoms with Gasteiger partial charge in [-0.2, -0.15) is 10.1 Å². The van der Waals surface area contributed by atoms with Crippen molar-refractivity contribution in [3.8, 4) is 5.75 Å². The standard InChI is InChI=1S/C16H13F2N5O/c1-24-11-5-2-4-10(8-11)20-14-9-19-23-16(21-14)22-15-12(17)6-3-7-13(15)18/h2-9H,1H3,(H2,20,21,22,23). The number of ether oxygens (including phenoxy) is 1. The summed E-state index contributed by atoms with van der Waals surface area (Å²) < 4.78 is 32.5. The van der Waals surface area contributed by atoms with Gasteiger partial charge in [0.1, 0.15) is 23.1 Å². The van der Waals surface area contributed by atoms with Crippen LogP contribution in [0.15, 0.2) is 48.7 Å². The number of aromatic nitrogens is 3. The first kappa shape index (κ1) is 15.6. The Bertz CT molecular complexity index is 839. The largest absolute Gasteiger partial charge is 0.497 e. The van der Waals surface area contributed by atoms with Gasteiger partial charge < -0.3 is 15.4 Å². The molecule has 0 unspecified atom stereocenters. The van der Waals surface area contributed by atoms with Crippen LogP contribution in [0.25, 0.3) is 0 Å². The molecule has 8 heteroatoms. The molecule has 0 radical (unpaired) electrons. The maximum absolute atomic E-state index is 13.7. The van der Waals surface area contributed by atoms with Gasteiger partial charge in [-0.3, -0.25) is 0 Å². The number of nitrogens with zero attached hydrogens (tertiary/aromatic N) is 3. The van der Waals surface area contributed by atoms with Gasteiger partial charge in [0.05, 0.1) is 13.3 Å². The smallest absolute Gasteiger partial charge is 0.249 e. The Hall–Kier alpha value is -3.29. The molecule has 0 fully saturated rings. The molecule has 0 atom stereocenters. The minimum atomic E-state index is -0.746. The van der Waals surface area contributed by atoms with E-state index in [2.05, 4.69) is 25.8 Å².